The summed E-state index contributed by atoms with van der Waals surface area (Å²) in [4.78, 5) is 4.06. The van der Waals surface area contributed by atoms with E-state index in [0.717, 1.165) is 6.54 Å². The van der Waals surface area contributed by atoms with Gasteiger partial charge in [0.05, 0.1) is 5.52 Å². The first-order chi connectivity index (χ1) is 6.27. The summed E-state index contributed by atoms with van der Waals surface area (Å²) in [7, 11) is 0. The van der Waals surface area contributed by atoms with Crippen molar-refractivity contribution in [1.29, 1.82) is 0 Å². The summed E-state index contributed by atoms with van der Waals surface area (Å²) in [6, 6.07) is 4.26. The lowest BCUT2D eigenvalue weighted by atomic mass is 10.3. The Morgan fingerprint density at radius 2 is 2.38 bits per heavy atom. The van der Waals surface area contributed by atoms with Gasteiger partial charge in [-0.2, -0.15) is 0 Å². The number of pyridine rings is 1. The van der Waals surface area contributed by atoms with E-state index in [0.29, 0.717) is 0 Å². The fourth-order valence-electron chi connectivity index (χ4n) is 1.51. The quantitative estimate of drug-likeness (QED) is 0.749. The van der Waals surface area contributed by atoms with Gasteiger partial charge in [-0.05, 0) is 19.1 Å². The van der Waals surface area contributed by atoms with Gasteiger partial charge >= 0.3 is 0 Å². The number of nitrogens with zero attached hydrogens (tertiary/aromatic N) is 2. The van der Waals surface area contributed by atoms with Gasteiger partial charge < -0.3 is 10.3 Å². The molecule has 0 spiro atoms. The zero-order valence-electron chi connectivity index (χ0n) is 7.64. The molecule has 2 heterocycles. The summed E-state index contributed by atoms with van der Waals surface area (Å²) in [5.74, 6) is 0. The second kappa shape index (κ2) is 3.18. The molecule has 2 N–H and O–H groups in total. The molecule has 0 aliphatic rings. The van der Waals surface area contributed by atoms with Crippen molar-refractivity contribution in [3.05, 3.63) is 30.7 Å². The standard InChI is InChI=1S/C10H13N3/c1-8(11)7-13-5-3-9-6-12-4-2-10(9)13/h2-6,8H,7,11H2,1H3. The second-order valence-corrected chi connectivity index (χ2v) is 3.38. The Hall–Kier alpha value is -1.35. The first-order valence-electron chi connectivity index (χ1n) is 4.42. The van der Waals surface area contributed by atoms with E-state index in [1.165, 1.54) is 10.9 Å². The van der Waals surface area contributed by atoms with Crippen LogP contribution in [0.2, 0.25) is 0 Å². The van der Waals surface area contributed by atoms with Crippen LogP contribution in [0.25, 0.3) is 10.9 Å². The highest BCUT2D eigenvalue weighted by Gasteiger charge is 2.01. The molecule has 1 unspecified atom stereocenters. The largest absolute Gasteiger partial charge is 0.346 e. The minimum atomic E-state index is 0.184. The van der Waals surface area contributed by atoms with E-state index in [1.54, 1.807) is 6.20 Å². The van der Waals surface area contributed by atoms with Crippen LogP contribution in [0.5, 0.6) is 0 Å². The fourth-order valence-corrected chi connectivity index (χ4v) is 1.51. The zero-order valence-corrected chi connectivity index (χ0v) is 7.64. The average Bonchev–Trinajstić information content (AvgIpc) is 2.48. The van der Waals surface area contributed by atoms with Crippen LogP contribution in [0.1, 0.15) is 6.92 Å². The van der Waals surface area contributed by atoms with Crippen molar-refractivity contribution in [1.82, 2.24) is 9.55 Å². The van der Waals surface area contributed by atoms with Crippen LogP contribution in [0.4, 0.5) is 0 Å². The molecule has 68 valence electrons. The Bertz CT molecular complexity index is 403. The molecule has 1 atom stereocenters. The van der Waals surface area contributed by atoms with Crippen LogP contribution in [-0.4, -0.2) is 15.6 Å². The number of nitrogens with two attached hydrogens (primary N) is 1. The smallest absolute Gasteiger partial charge is 0.0511 e. The molecule has 3 nitrogen and oxygen atoms in total. The Labute approximate surface area is 77.2 Å². The van der Waals surface area contributed by atoms with E-state index in [4.69, 9.17) is 5.73 Å². The number of hydrogen-bond donors (Lipinski definition) is 1. The normalized spacial score (nSPS) is 13.4. The highest BCUT2D eigenvalue weighted by Crippen LogP contribution is 2.13. The van der Waals surface area contributed by atoms with E-state index < -0.39 is 0 Å². The lowest BCUT2D eigenvalue weighted by molar-refractivity contribution is 0.605. The molecule has 2 rings (SSSR count). The summed E-state index contributed by atoms with van der Waals surface area (Å²) in [5.41, 5.74) is 6.94. The molecule has 0 fully saturated rings. The van der Waals surface area contributed by atoms with E-state index in [9.17, 15) is 0 Å². The van der Waals surface area contributed by atoms with Gasteiger partial charge in [0.15, 0.2) is 0 Å². The van der Waals surface area contributed by atoms with E-state index in [2.05, 4.69) is 21.8 Å². The Morgan fingerprint density at radius 3 is 3.15 bits per heavy atom. The third kappa shape index (κ3) is 1.55. The highest BCUT2D eigenvalue weighted by atomic mass is 15.0. The third-order valence-corrected chi connectivity index (χ3v) is 2.06. The lowest BCUT2D eigenvalue weighted by Gasteiger charge is -2.07. The van der Waals surface area contributed by atoms with Gasteiger partial charge in [-0.3, -0.25) is 4.98 Å². The minimum Gasteiger partial charge on any atom is -0.346 e. The molecule has 0 saturated heterocycles. The molecule has 0 aromatic carbocycles. The molecule has 0 amide bonds. The van der Waals surface area contributed by atoms with Gasteiger partial charge in [-0.1, -0.05) is 0 Å². The van der Waals surface area contributed by atoms with Crippen molar-refractivity contribution in [3.63, 3.8) is 0 Å². The maximum Gasteiger partial charge on any atom is 0.0511 e. The summed E-state index contributed by atoms with van der Waals surface area (Å²) < 4.78 is 2.15. The minimum absolute atomic E-state index is 0.184. The van der Waals surface area contributed by atoms with Gasteiger partial charge in [-0.25, -0.2) is 0 Å². The van der Waals surface area contributed by atoms with Crippen LogP contribution in [-0.2, 0) is 6.54 Å². The maximum absolute atomic E-state index is 5.74. The van der Waals surface area contributed by atoms with Gasteiger partial charge in [-0.15, -0.1) is 0 Å². The molecular weight excluding hydrogens is 162 g/mol. The maximum atomic E-state index is 5.74. The van der Waals surface area contributed by atoms with Crippen molar-refractivity contribution in [2.45, 2.75) is 19.5 Å². The predicted molar refractivity (Wildman–Crippen MR) is 53.4 cm³/mol. The molecule has 0 saturated carbocycles. The molecule has 13 heavy (non-hydrogen) atoms. The van der Waals surface area contributed by atoms with Crippen LogP contribution >= 0.6 is 0 Å². The van der Waals surface area contributed by atoms with Crippen LogP contribution in [0.15, 0.2) is 30.7 Å². The van der Waals surface area contributed by atoms with Crippen molar-refractivity contribution >= 4 is 10.9 Å². The Morgan fingerprint density at radius 1 is 1.54 bits per heavy atom. The second-order valence-electron chi connectivity index (χ2n) is 3.38. The summed E-state index contributed by atoms with van der Waals surface area (Å²) >= 11 is 0. The number of hydrogen-bond acceptors (Lipinski definition) is 2. The van der Waals surface area contributed by atoms with Crippen LogP contribution < -0.4 is 5.73 Å². The molecule has 0 aliphatic carbocycles. The summed E-state index contributed by atoms with van der Waals surface area (Å²) in [6.07, 6.45) is 5.72. The van der Waals surface area contributed by atoms with Gasteiger partial charge in [0.25, 0.3) is 0 Å². The Balaban J connectivity index is 2.46. The monoisotopic (exact) mass is 175 g/mol. The summed E-state index contributed by atoms with van der Waals surface area (Å²) in [6.45, 7) is 2.86. The number of fused-ring (bicyclic) bond motifs is 1. The highest BCUT2D eigenvalue weighted by molar-refractivity contribution is 5.78. The van der Waals surface area contributed by atoms with Crippen molar-refractivity contribution < 1.29 is 0 Å². The fraction of sp³-hybridized carbons (Fsp3) is 0.300. The molecular formula is C10H13N3. The average molecular weight is 175 g/mol. The molecule has 3 heteroatoms. The van der Waals surface area contributed by atoms with Crippen LogP contribution in [0, 0.1) is 0 Å². The van der Waals surface area contributed by atoms with Gasteiger partial charge in [0.1, 0.15) is 0 Å². The lowest BCUT2D eigenvalue weighted by Crippen LogP contribution is -2.21. The molecule has 0 radical (unpaired) electrons. The first kappa shape index (κ1) is 8.26. The van der Waals surface area contributed by atoms with Gasteiger partial charge in [0, 0.05) is 36.6 Å². The van der Waals surface area contributed by atoms with Crippen molar-refractivity contribution in [2.75, 3.05) is 0 Å². The van der Waals surface area contributed by atoms with Crippen molar-refractivity contribution in [3.8, 4) is 0 Å². The van der Waals surface area contributed by atoms with Gasteiger partial charge in [0.2, 0.25) is 0 Å². The zero-order chi connectivity index (χ0) is 9.26. The number of aromatic nitrogens is 2. The molecule has 0 aliphatic heterocycles. The van der Waals surface area contributed by atoms with E-state index in [1.807, 2.05) is 19.2 Å². The SMILES string of the molecule is CC(N)Cn1ccc2cnccc21. The topological polar surface area (TPSA) is 43.8 Å². The molecule has 2 aromatic heterocycles. The first-order valence-corrected chi connectivity index (χ1v) is 4.42. The Kier molecular flexibility index (Phi) is 2.02. The summed E-state index contributed by atoms with van der Waals surface area (Å²) in [5, 5.41) is 1.17. The third-order valence-electron chi connectivity index (χ3n) is 2.06. The van der Waals surface area contributed by atoms with E-state index >= 15 is 0 Å². The van der Waals surface area contributed by atoms with Crippen LogP contribution in [0.3, 0.4) is 0 Å². The molecule has 0 bridgehead atoms. The number of rotatable bonds is 2. The van der Waals surface area contributed by atoms with Crippen molar-refractivity contribution in [2.24, 2.45) is 5.73 Å². The predicted octanol–water partition coefficient (Wildman–Crippen LogP) is 1.38. The van der Waals surface area contributed by atoms with E-state index in [-0.39, 0.29) is 6.04 Å². The molecule has 2 aromatic rings.